The molecule has 5 heteroatoms. The van der Waals surface area contributed by atoms with Gasteiger partial charge in [0.05, 0.1) is 0 Å². The molecule has 2 aromatic heterocycles. The Hall–Kier alpha value is -1.72. The smallest absolute Gasteiger partial charge is 0.126 e. The summed E-state index contributed by atoms with van der Waals surface area (Å²) in [5.41, 5.74) is 8.86. The van der Waals surface area contributed by atoms with Crippen molar-refractivity contribution in [3.63, 3.8) is 0 Å². The zero-order chi connectivity index (χ0) is 13.2. The van der Waals surface area contributed by atoms with Crippen LogP contribution in [0, 0.1) is 0 Å². The molecule has 19 heavy (non-hydrogen) atoms. The highest BCUT2D eigenvalue weighted by atomic mass is 79.9. The van der Waals surface area contributed by atoms with E-state index in [0.717, 1.165) is 26.3 Å². The van der Waals surface area contributed by atoms with Crippen LogP contribution >= 0.6 is 27.3 Å². The molecular weight excluding hydrogens is 322 g/mol. The predicted octanol–water partition coefficient (Wildman–Crippen LogP) is 4.22. The number of nitrogens with two attached hydrogens (primary N) is 1. The Labute approximate surface area is 123 Å². The topological polar surface area (TPSA) is 51.8 Å². The summed E-state index contributed by atoms with van der Waals surface area (Å²) in [6.07, 6.45) is 3.51. The number of thiazole rings is 1. The van der Waals surface area contributed by atoms with Crippen LogP contribution in [0.1, 0.15) is 0 Å². The van der Waals surface area contributed by atoms with Gasteiger partial charge in [0.25, 0.3) is 0 Å². The van der Waals surface area contributed by atoms with Gasteiger partial charge in [-0.2, -0.15) is 0 Å². The van der Waals surface area contributed by atoms with E-state index in [4.69, 9.17) is 5.73 Å². The minimum atomic E-state index is 0.707. The van der Waals surface area contributed by atoms with Gasteiger partial charge < -0.3 is 5.73 Å². The van der Waals surface area contributed by atoms with Gasteiger partial charge in [-0.1, -0.05) is 41.7 Å². The van der Waals surface area contributed by atoms with Gasteiger partial charge in [-0.15, -0.1) is 0 Å². The second-order valence-corrected chi connectivity index (χ2v) is 5.94. The van der Waals surface area contributed by atoms with Crippen LogP contribution < -0.4 is 5.73 Å². The lowest BCUT2D eigenvalue weighted by molar-refractivity contribution is 1.29. The molecule has 1 aromatic carbocycles. The Kier molecular flexibility index (Phi) is 3.31. The van der Waals surface area contributed by atoms with Crippen LogP contribution in [0.2, 0.25) is 0 Å². The standard InChI is InChI=1S/C14H10BrN3S/c15-11-6-10(7-17-8-11)12-13(16)19-14(18-12)9-4-2-1-3-5-9/h1-8H,16H2. The average molecular weight is 332 g/mol. The fraction of sp³-hybridized carbons (Fsp3) is 0. The van der Waals surface area contributed by atoms with Gasteiger partial charge in [0, 0.05) is 28.0 Å². The Balaban J connectivity index is 2.08. The van der Waals surface area contributed by atoms with Crippen molar-refractivity contribution >= 4 is 32.3 Å². The zero-order valence-corrected chi connectivity index (χ0v) is 12.3. The monoisotopic (exact) mass is 331 g/mol. The number of hydrogen-bond acceptors (Lipinski definition) is 4. The molecule has 2 N–H and O–H groups in total. The van der Waals surface area contributed by atoms with E-state index in [1.165, 1.54) is 11.3 Å². The highest BCUT2D eigenvalue weighted by molar-refractivity contribution is 9.10. The van der Waals surface area contributed by atoms with Gasteiger partial charge in [-0.25, -0.2) is 4.98 Å². The third kappa shape index (κ3) is 2.52. The number of hydrogen-bond donors (Lipinski definition) is 1. The molecular formula is C14H10BrN3S. The highest BCUT2D eigenvalue weighted by Gasteiger charge is 2.12. The van der Waals surface area contributed by atoms with Crippen molar-refractivity contribution in [2.75, 3.05) is 5.73 Å². The molecule has 0 atom stereocenters. The van der Waals surface area contributed by atoms with E-state index in [9.17, 15) is 0 Å². The first-order chi connectivity index (χ1) is 9.24. The molecule has 0 saturated heterocycles. The van der Waals surface area contributed by atoms with Crippen LogP contribution in [0.25, 0.3) is 21.8 Å². The minimum absolute atomic E-state index is 0.707. The summed E-state index contributed by atoms with van der Waals surface area (Å²) in [4.78, 5) is 8.77. The first kappa shape index (κ1) is 12.3. The SMILES string of the molecule is Nc1sc(-c2ccccc2)nc1-c1cncc(Br)c1. The zero-order valence-electron chi connectivity index (χ0n) is 9.88. The van der Waals surface area contributed by atoms with Crippen molar-refractivity contribution in [3.8, 4) is 21.8 Å². The normalized spacial score (nSPS) is 10.6. The van der Waals surface area contributed by atoms with Gasteiger partial charge in [-0.05, 0) is 22.0 Å². The molecule has 0 radical (unpaired) electrons. The van der Waals surface area contributed by atoms with Crippen molar-refractivity contribution in [3.05, 3.63) is 53.3 Å². The maximum absolute atomic E-state index is 6.07. The Morgan fingerprint density at radius 3 is 2.58 bits per heavy atom. The lowest BCUT2D eigenvalue weighted by Gasteiger charge is -1.98. The van der Waals surface area contributed by atoms with Crippen molar-refractivity contribution in [1.29, 1.82) is 0 Å². The number of rotatable bonds is 2. The van der Waals surface area contributed by atoms with E-state index >= 15 is 0 Å². The molecule has 94 valence electrons. The summed E-state index contributed by atoms with van der Waals surface area (Å²) >= 11 is 4.90. The molecule has 0 aliphatic carbocycles. The van der Waals surface area contributed by atoms with Crippen LogP contribution in [0.3, 0.4) is 0 Å². The Bertz CT molecular complexity index is 710. The number of nitrogens with zero attached hydrogens (tertiary/aromatic N) is 2. The van der Waals surface area contributed by atoms with Gasteiger partial charge in [0.15, 0.2) is 0 Å². The third-order valence-corrected chi connectivity index (χ3v) is 4.02. The van der Waals surface area contributed by atoms with E-state index in [0.29, 0.717) is 5.00 Å². The van der Waals surface area contributed by atoms with E-state index in [-0.39, 0.29) is 0 Å². The molecule has 3 nitrogen and oxygen atoms in total. The summed E-state index contributed by atoms with van der Waals surface area (Å²) in [5.74, 6) is 0. The van der Waals surface area contributed by atoms with E-state index in [1.807, 2.05) is 36.4 Å². The third-order valence-electron chi connectivity index (χ3n) is 2.65. The van der Waals surface area contributed by atoms with Crippen LogP contribution in [-0.2, 0) is 0 Å². The van der Waals surface area contributed by atoms with Crippen molar-refractivity contribution in [2.45, 2.75) is 0 Å². The Morgan fingerprint density at radius 2 is 1.84 bits per heavy atom. The molecule has 0 amide bonds. The molecule has 2 heterocycles. The van der Waals surface area contributed by atoms with E-state index in [1.54, 1.807) is 12.4 Å². The van der Waals surface area contributed by atoms with Crippen LogP contribution in [-0.4, -0.2) is 9.97 Å². The number of anilines is 1. The molecule has 0 unspecified atom stereocenters. The lowest BCUT2D eigenvalue weighted by atomic mass is 10.2. The molecule has 0 aliphatic rings. The number of aromatic nitrogens is 2. The first-order valence-electron chi connectivity index (χ1n) is 5.66. The summed E-state index contributed by atoms with van der Waals surface area (Å²) < 4.78 is 0.915. The molecule has 0 aliphatic heterocycles. The minimum Gasteiger partial charge on any atom is -0.389 e. The maximum Gasteiger partial charge on any atom is 0.126 e. The summed E-state index contributed by atoms with van der Waals surface area (Å²) in [7, 11) is 0. The number of nitrogen functional groups attached to an aromatic ring is 1. The quantitative estimate of drug-likeness (QED) is 0.764. The van der Waals surface area contributed by atoms with Crippen LogP contribution in [0.15, 0.2) is 53.3 Å². The van der Waals surface area contributed by atoms with Gasteiger partial charge in [-0.3, -0.25) is 4.98 Å². The number of benzene rings is 1. The predicted molar refractivity (Wildman–Crippen MR) is 82.9 cm³/mol. The highest BCUT2D eigenvalue weighted by Crippen LogP contribution is 2.35. The largest absolute Gasteiger partial charge is 0.389 e. The van der Waals surface area contributed by atoms with Gasteiger partial charge in [0.2, 0.25) is 0 Å². The first-order valence-corrected chi connectivity index (χ1v) is 7.27. The van der Waals surface area contributed by atoms with Crippen LogP contribution in [0.5, 0.6) is 0 Å². The molecule has 3 rings (SSSR count). The van der Waals surface area contributed by atoms with Crippen LogP contribution in [0.4, 0.5) is 5.00 Å². The van der Waals surface area contributed by atoms with Crippen molar-refractivity contribution < 1.29 is 0 Å². The van der Waals surface area contributed by atoms with Gasteiger partial charge in [0.1, 0.15) is 15.7 Å². The summed E-state index contributed by atoms with van der Waals surface area (Å²) in [5, 5.41) is 1.63. The number of pyridine rings is 1. The fourth-order valence-electron chi connectivity index (χ4n) is 1.78. The van der Waals surface area contributed by atoms with Crippen molar-refractivity contribution in [2.24, 2.45) is 0 Å². The second kappa shape index (κ2) is 5.11. The number of halogens is 1. The van der Waals surface area contributed by atoms with E-state index in [2.05, 4.69) is 25.9 Å². The lowest BCUT2D eigenvalue weighted by Crippen LogP contribution is -1.87. The summed E-state index contributed by atoms with van der Waals surface area (Å²) in [6, 6.07) is 12.0. The molecule has 0 fully saturated rings. The van der Waals surface area contributed by atoms with Gasteiger partial charge >= 0.3 is 0 Å². The Morgan fingerprint density at radius 1 is 1.05 bits per heavy atom. The van der Waals surface area contributed by atoms with E-state index < -0.39 is 0 Å². The summed E-state index contributed by atoms with van der Waals surface area (Å²) in [6.45, 7) is 0. The second-order valence-electron chi connectivity index (χ2n) is 3.99. The molecule has 0 bridgehead atoms. The molecule has 0 saturated carbocycles. The molecule has 0 spiro atoms. The van der Waals surface area contributed by atoms with Crippen molar-refractivity contribution in [1.82, 2.24) is 9.97 Å². The average Bonchev–Trinajstić information content (AvgIpc) is 2.82. The molecule has 3 aromatic rings. The maximum atomic E-state index is 6.07. The fourth-order valence-corrected chi connectivity index (χ4v) is 3.01.